The van der Waals surface area contributed by atoms with Gasteiger partial charge in [-0.1, -0.05) is 30.3 Å². The minimum absolute atomic E-state index is 0.0640. The van der Waals surface area contributed by atoms with Gasteiger partial charge in [0.25, 0.3) is 0 Å². The third-order valence-corrected chi connectivity index (χ3v) is 5.39. The minimum atomic E-state index is 0.0640. The second-order valence-electron chi connectivity index (χ2n) is 7.78. The van der Waals surface area contributed by atoms with Crippen LogP contribution in [0.25, 0.3) is 0 Å². The Hall–Kier alpha value is -2.87. The van der Waals surface area contributed by atoms with Gasteiger partial charge in [0.1, 0.15) is 6.54 Å². The molecule has 0 bridgehead atoms. The molecule has 1 aliphatic heterocycles. The molecule has 1 aliphatic rings. The summed E-state index contributed by atoms with van der Waals surface area (Å²) in [4.78, 5) is 23.7. The van der Waals surface area contributed by atoms with E-state index in [0.29, 0.717) is 19.6 Å². The van der Waals surface area contributed by atoms with E-state index >= 15 is 0 Å². The molecule has 162 valence electrons. The highest BCUT2D eigenvalue weighted by atomic mass is 16.2. The molecule has 2 aromatic rings. The highest BCUT2D eigenvalue weighted by molar-refractivity contribution is 5.98. The van der Waals surface area contributed by atoms with Gasteiger partial charge in [0.2, 0.25) is 5.91 Å². The lowest BCUT2D eigenvalue weighted by atomic mass is 10.2. The highest BCUT2D eigenvalue weighted by Gasteiger charge is 2.27. The molecule has 1 aromatic carbocycles. The highest BCUT2D eigenvalue weighted by Crippen LogP contribution is 2.16. The van der Waals surface area contributed by atoms with Crippen molar-refractivity contribution in [3.63, 3.8) is 0 Å². The van der Waals surface area contributed by atoms with Gasteiger partial charge < -0.3 is 15.1 Å². The maximum atomic E-state index is 12.7. The smallest absolute Gasteiger partial charge is 0.246 e. The molecule has 30 heavy (non-hydrogen) atoms. The fourth-order valence-electron chi connectivity index (χ4n) is 3.49. The van der Waals surface area contributed by atoms with E-state index in [1.807, 2.05) is 31.1 Å². The predicted octanol–water partition coefficient (Wildman–Crippen LogP) is 1.55. The Bertz CT molecular complexity index is 848. The number of nitrogens with zero attached hydrogens (tertiary/aromatic N) is 6. The standard InChI is InChI=1S/C22H33N7O/c1-5-23-22(24-13-18(2)26(3)15-19-9-7-6-8-10-19)28-11-12-29(21(30)17-28)20-14-25-27(4)16-20/h6-10,14,16,18H,5,11-13,15,17H2,1-4H3,(H,23,24). The Morgan fingerprint density at radius 3 is 2.70 bits per heavy atom. The van der Waals surface area contributed by atoms with Crippen LogP contribution in [0.1, 0.15) is 19.4 Å². The molecule has 1 saturated heterocycles. The molecule has 3 rings (SSSR count). The monoisotopic (exact) mass is 411 g/mol. The molecule has 1 fully saturated rings. The van der Waals surface area contributed by atoms with Gasteiger partial charge in [-0.3, -0.25) is 19.4 Å². The topological polar surface area (TPSA) is 69.0 Å². The van der Waals surface area contributed by atoms with Crippen molar-refractivity contribution in [2.24, 2.45) is 12.0 Å². The number of carbonyl (C=O) groups is 1. The van der Waals surface area contributed by atoms with Crippen molar-refractivity contribution < 1.29 is 4.79 Å². The largest absolute Gasteiger partial charge is 0.357 e. The summed E-state index contributed by atoms with van der Waals surface area (Å²) in [6.45, 7) is 8.23. The van der Waals surface area contributed by atoms with Crippen molar-refractivity contribution in [2.75, 3.05) is 44.7 Å². The van der Waals surface area contributed by atoms with E-state index in [-0.39, 0.29) is 11.9 Å². The van der Waals surface area contributed by atoms with E-state index in [0.717, 1.165) is 31.3 Å². The molecule has 2 heterocycles. The number of carbonyl (C=O) groups excluding carboxylic acids is 1. The lowest BCUT2D eigenvalue weighted by Gasteiger charge is -2.35. The van der Waals surface area contributed by atoms with Gasteiger partial charge in [0.15, 0.2) is 5.96 Å². The second-order valence-corrected chi connectivity index (χ2v) is 7.78. The Morgan fingerprint density at radius 2 is 2.07 bits per heavy atom. The van der Waals surface area contributed by atoms with Crippen LogP contribution in [0.3, 0.4) is 0 Å². The van der Waals surface area contributed by atoms with Gasteiger partial charge in [-0.2, -0.15) is 5.10 Å². The maximum absolute atomic E-state index is 12.7. The summed E-state index contributed by atoms with van der Waals surface area (Å²) in [5.41, 5.74) is 2.14. The number of hydrogen-bond donors (Lipinski definition) is 1. The molecule has 1 N–H and O–H groups in total. The first kappa shape index (κ1) is 21.8. The van der Waals surface area contributed by atoms with Crippen LogP contribution in [0.4, 0.5) is 5.69 Å². The number of aromatic nitrogens is 2. The molecule has 0 spiro atoms. The van der Waals surface area contributed by atoms with Crippen LogP contribution in [0.15, 0.2) is 47.7 Å². The van der Waals surface area contributed by atoms with E-state index in [2.05, 4.69) is 53.6 Å². The number of nitrogens with one attached hydrogen (secondary N) is 1. The summed E-state index contributed by atoms with van der Waals surface area (Å²) in [6, 6.07) is 10.7. The number of aliphatic imine (C=N–C) groups is 1. The third kappa shape index (κ3) is 5.60. The molecule has 1 amide bonds. The first-order chi connectivity index (χ1) is 14.5. The van der Waals surface area contributed by atoms with E-state index in [9.17, 15) is 4.79 Å². The van der Waals surface area contributed by atoms with E-state index in [1.165, 1.54) is 5.56 Å². The lowest BCUT2D eigenvalue weighted by molar-refractivity contribution is -0.120. The molecule has 1 unspecified atom stereocenters. The van der Waals surface area contributed by atoms with Gasteiger partial charge in [-0.25, -0.2) is 0 Å². The molecule has 1 atom stereocenters. The number of aryl methyl sites for hydroxylation is 1. The quantitative estimate of drug-likeness (QED) is 0.553. The van der Waals surface area contributed by atoms with E-state index in [4.69, 9.17) is 4.99 Å². The van der Waals surface area contributed by atoms with Gasteiger partial charge in [0.05, 0.1) is 18.4 Å². The van der Waals surface area contributed by atoms with Crippen molar-refractivity contribution >= 4 is 17.6 Å². The predicted molar refractivity (Wildman–Crippen MR) is 120 cm³/mol. The number of hydrogen-bond acceptors (Lipinski definition) is 4. The average molecular weight is 412 g/mol. The maximum Gasteiger partial charge on any atom is 0.246 e. The summed E-state index contributed by atoms with van der Waals surface area (Å²) in [6.07, 6.45) is 3.61. The molecule has 0 aliphatic carbocycles. The van der Waals surface area contributed by atoms with Gasteiger partial charge in [-0.15, -0.1) is 0 Å². The SMILES string of the molecule is CCNC(=NCC(C)N(C)Cc1ccccc1)N1CCN(c2cnn(C)c2)C(=O)C1. The van der Waals surface area contributed by atoms with Gasteiger partial charge in [0, 0.05) is 45.5 Å². The Labute approximate surface area is 179 Å². The van der Waals surface area contributed by atoms with Crippen LogP contribution in [-0.4, -0.2) is 77.3 Å². The number of amides is 1. The number of anilines is 1. The molecule has 8 heteroatoms. The first-order valence-electron chi connectivity index (χ1n) is 10.5. The Morgan fingerprint density at radius 1 is 1.30 bits per heavy atom. The third-order valence-electron chi connectivity index (χ3n) is 5.39. The second kappa shape index (κ2) is 10.2. The molecule has 0 saturated carbocycles. The summed E-state index contributed by atoms with van der Waals surface area (Å²) < 4.78 is 1.72. The van der Waals surface area contributed by atoms with Gasteiger partial charge >= 0.3 is 0 Å². The number of guanidine groups is 1. The van der Waals surface area contributed by atoms with Crippen molar-refractivity contribution in [3.8, 4) is 0 Å². The molecule has 8 nitrogen and oxygen atoms in total. The Kier molecular flexibility index (Phi) is 7.46. The van der Waals surface area contributed by atoms with Crippen molar-refractivity contribution in [1.82, 2.24) is 24.9 Å². The number of rotatable bonds is 7. The fraction of sp³-hybridized carbons (Fsp3) is 0.500. The first-order valence-corrected chi connectivity index (χ1v) is 10.5. The zero-order valence-corrected chi connectivity index (χ0v) is 18.5. The Balaban J connectivity index is 1.59. The van der Waals surface area contributed by atoms with E-state index < -0.39 is 0 Å². The van der Waals surface area contributed by atoms with Crippen LogP contribution in [0.5, 0.6) is 0 Å². The molecule has 0 radical (unpaired) electrons. The van der Waals surface area contributed by atoms with Crippen LogP contribution >= 0.6 is 0 Å². The number of benzene rings is 1. The zero-order valence-electron chi connectivity index (χ0n) is 18.5. The van der Waals surface area contributed by atoms with Crippen molar-refractivity contribution in [2.45, 2.75) is 26.4 Å². The zero-order chi connectivity index (χ0) is 21.5. The van der Waals surface area contributed by atoms with Crippen molar-refractivity contribution in [1.29, 1.82) is 0 Å². The molecular weight excluding hydrogens is 378 g/mol. The minimum Gasteiger partial charge on any atom is -0.357 e. The summed E-state index contributed by atoms with van der Waals surface area (Å²) in [5.74, 6) is 0.866. The van der Waals surface area contributed by atoms with Crippen LogP contribution in [0.2, 0.25) is 0 Å². The molecular formula is C22H33N7O. The normalized spacial score (nSPS) is 16.3. The average Bonchev–Trinajstić information content (AvgIpc) is 3.17. The summed E-state index contributed by atoms with van der Waals surface area (Å²) in [5, 5.41) is 7.52. The van der Waals surface area contributed by atoms with Crippen LogP contribution in [0, 0.1) is 0 Å². The molecule has 1 aromatic heterocycles. The number of piperazine rings is 1. The summed E-state index contributed by atoms with van der Waals surface area (Å²) in [7, 11) is 3.98. The van der Waals surface area contributed by atoms with Crippen LogP contribution < -0.4 is 10.2 Å². The number of likely N-dealkylation sites (N-methyl/N-ethyl adjacent to an activating group) is 1. The lowest BCUT2D eigenvalue weighted by Crippen LogP contribution is -2.55. The summed E-state index contributed by atoms with van der Waals surface area (Å²) >= 11 is 0. The van der Waals surface area contributed by atoms with Gasteiger partial charge in [-0.05, 0) is 26.5 Å². The van der Waals surface area contributed by atoms with Crippen molar-refractivity contribution in [3.05, 3.63) is 48.3 Å². The van der Waals surface area contributed by atoms with E-state index in [1.54, 1.807) is 15.8 Å². The van der Waals surface area contributed by atoms with Crippen LogP contribution in [-0.2, 0) is 18.4 Å². The fourth-order valence-corrected chi connectivity index (χ4v) is 3.49.